The van der Waals surface area contributed by atoms with Gasteiger partial charge in [0.25, 0.3) is 0 Å². The van der Waals surface area contributed by atoms with Gasteiger partial charge in [-0.2, -0.15) is 4.98 Å². The van der Waals surface area contributed by atoms with Gasteiger partial charge in [-0.05, 0) is 37.4 Å². The van der Waals surface area contributed by atoms with E-state index in [-0.39, 0.29) is 0 Å². The van der Waals surface area contributed by atoms with Gasteiger partial charge in [-0.3, -0.25) is 0 Å². The average molecular weight is 376 g/mol. The smallest absolute Gasteiger partial charge is 0.229 e. The number of thiazole rings is 1. The fraction of sp³-hybridized carbons (Fsp3) is 0.150. The van der Waals surface area contributed by atoms with Crippen LogP contribution in [0.2, 0.25) is 0 Å². The summed E-state index contributed by atoms with van der Waals surface area (Å²) < 4.78 is 1.19. The lowest BCUT2D eigenvalue weighted by molar-refractivity contribution is 0.821. The maximum Gasteiger partial charge on any atom is 0.229 e. The van der Waals surface area contributed by atoms with Crippen molar-refractivity contribution in [1.82, 2.24) is 20.3 Å². The van der Waals surface area contributed by atoms with E-state index in [0.717, 1.165) is 40.7 Å². The number of aromatic nitrogens is 3. The molecule has 2 aromatic carbocycles. The predicted octanol–water partition coefficient (Wildman–Crippen LogP) is 4.13. The van der Waals surface area contributed by atoms with Crippen molar-refractivity contribution in [3.63, 3.8) is 0 Å². The van der Waals surface area contributed by atoms with Crippen molar-refractivity contribution >= 4 is 39.0 Å². The molecule has 4 aromatic rings. The molecule has 7 heteroatoms. The highest BCUT2D eigenvalue weighted by atomic mass is 32.1. The Bertz CT molecular complexity index is 1010. The summed E-state index contributed by atoms with van der Waals surface area (Å²) in [6.07, 6.45) is 1.74. The second-order valence-electron chi connectivity index (χ2n) is 5.99. The van der Waals surface area contributed by atoms with Gasteiger partial charge < -0.3 is 16.0 Å². The van der Waals surface area contributed by atoms with E-state index in [0.29, 0.717) is 5.95 Å². The second-order valence-corrected chi connectivity index (χ2v) is 7.02. The van der Waals surface area contributed by atoms with E-state index in [9.17, 15) is 0 Å². The topological polar surface area (TPSA) is 74.8 Å². The Morgan fingerprint density at radius 2 is 1.89 bits per heavy atom. The molecule has 2 aromatic heterocycles. The molecule has 0 aliphatic rings. The van der Waals surface area contributed by atoms with Crippen molar-refractivity contribution < 1.29 is 0 Å². The first-order valence-corrected chi connectivity index (χ1v) is 9.58. The van der Waals surface area contributed by atoms with Gasteiger partial charge in [0.2, 0.25) is 5.95 Å². The third kappa shape index (κ3) is 4.21. The SMILES string of the molecule is CNCCNc1ccnc(Nc2cccc(-c3nc4ccccc4s3)c2)n1. The highest BCUT2D eigenvalue weighted by molar-refractivity contribution is 7.21. The number of nitrogens with zero attached hydrogens (tertiary/aromatic N) is 3. The minimum Gasteiger partial charge on any atom is -0.369 e. The average Bonchev–Trinajstić information content (AvgIpc) is 3.13. The third-order valence-electron chi connectivity index (χ3n) is 4.00. The van der Waals surface area contributed by atoms with Gasteiger partial charge in [0.05, 0.1) is 10.2 Å². The van der Waals surface area contributed by atoms with Gasteiger partial charge in [-0.1, -0.05) is 24.3 Å². The van der Waals surface area contributed by atoms with Crippen LogP contribution in [0.15, 0.2) is 60.8 Å². The lowest BCUT2D eigenvalue weighted by atomic mass is 10.2. The summed E-state index contributed by atoms with van der Waals surface area (Å²) in [5.41, 5.74) is 3.03. The van der Waals surface area contributed by atoms with Gasteiger partial charge in [0, 0.05) is 30.5 Å². The molecule has 0 unspecified atom stereocenters. The Kier molecular flexibility index (Phi) is 5.22. The van der Waals surface area contributed by atoms with Gasteiger partial charge >= 0.3 is 0 Å². The van der Waals surface area contributed by atoms with E-state index in [2.05, 4.69) is 44.1 Å². The number of hydrogen-bond donors (Lipinski definition) is 3. The molecule has 0 amide bonds. The summed E-state index contributed by atoms with van der Waals surface area (Å²) in [5.74, 6) is 1.36. The molecule has 0 spiro atoms. The number of para-hydroxylation sites is 1. The molecule has 6 nitrogen and oxygen atoms in total. The van der Waals surface area contributed by atoms with Gasteiger partial charge in [-0.25, -0.2) is 9.97 Å². The molecule has 0 saturated carbocycles. The monoisotopic (exact) mass is 376 g/mol. The molecular weight excluding hydrogens is 356 g/mol. The van der Waals surface area contributed by atoms with Gasteiger partial charge in [-0.15, -0.1) is 11.3 Å². The lowest BCUT2D eigenvalue weighted by Crippen LogP contribution is -2.18. The quantitative estimate of drug-likeness (QED) is 0.421. The molecule has 0 saturated heterocycles. The third-order valence-corrected chi connectivity index (χ3v) is 5.08. The number of rotatable bonds is 7. The molecule has 0 aliphatic carbocycles. The highest BCUT2D eigenvalue weighted by Gasteiger charge is 2.07. The van der Waals surface area contributed by atoms with Gasteiger partial charge in [0.1, 0.15) is 10.8 Å². The van der Waals surface area contributed by atoms with Crippen molar-refractivity contribution in [2.45, 2.75) is 0 Å². The van der Waals surface area contributed by atoms with Crippen LogP contribution in [-0.2, 0) is 0 Å². The maximum absolute atomic E-state index is 4.73. The summed E-state index contributed by atoms with van der Waals surface area (Å²) in [5, 5.41) is 10.6. The lowest BCUT2D eigenvalue weighted by Gasteiger charge is -2.09. The van der Waals surface area contributed by atoms with Crippen molar-refractivity contribution in [1.29, 1.82) is 0 Å². The van der Waals surface area contributed by atoms with Crippen LogP contribution in [0.1, 0.15) is 0 Å². The van der Waals surface area contributed by atoms with Crippen molar-refractivity contribution in [2.75, 3.05) is 30.8 Å². The van der Waals surface area contributed by atoms with Crippen molar-refractivity contribution in [2.24, 2.45) is 0 Å². The van der Waals surface area contributed by atoms with Crippen LogP contribution in [0.25, 0.3) is 20.8 Å². The van der Waals surface area contributed by atoms with E-state index >= 15 is 0 Å². The zero-order valence-corrected chi connectivity index (χ0v) is 15.8. The first-order chi connectivity index (χ1) is 13.3. The van der Waals surface area contributed by atoms with E-state index in [4.69, 9.17) is 4.98 Å². The van der Waals surface area contributed by atoms with Crippen LogP contribution < -0.4 is 16.0 Å². The Hall–Kier alpha value is -3.03. The molecule has 0 aliphatic heterocycles. The first kappa shape index (κ1) is 17.4. The maximum atomic E-state index is 4.73. The molecule has 2 heterocycles. The van der Waals surface area contributed by atoms with Crippen molar-refractivity contribution in [3.05, 3.63) is 60.8 Å². The zero-order valence-electron chi connectivity index (χ0n) is 14.9. The molecule has 0 fully saturated rings. The Labute approximate surface area is 161 Å². The van der Waals surface area contributed by atoms with Crippen LogP contribution in [0, 0.1) is 0 Å². The normalized spacial score (nSPS) is 10.9. The number of likely N-dealkylation sites (N-methyl/N-ethyl adjacent to an activating group) is 1. The van der Waals surface area contributed by atoms with Crippen LogP contribution in [0.3, 0.4) is 0 Å². The summed E-state index contributed by atoms with van der Waals surface area (Å²) in [7, 11) is 1.92. The number of benzene rings is 2. The van der Waals surface area contributed by atoms with E-state index < -0.39 is 0 Å². The van der Waals surface area contributed by atoms with Gasteiger partial charge in [0.15, 0.2) is 0 Å². The van der Waals surface area contributed by atoms with Crippen LogP contribution in [-0.4, -0.2) is 35.1 Å². The molecule has 27 heavy (non-hydrogen) atoms. The summed E-state index contributed by atoms with van der Waals surface area (Å²) in [6.45, 7) is 1.68. The van der Waals surface area contributed by atoms with E-state index in [1.807, 2.05) is 43.4 Å². The Morgan fingerprint density at radius 3 is 2.78 bits per heavy atom. The molecule has 0 bridgehead atoms. The minimum absolute atomic E-state index is 0.561. The summed E-state index contributed by atoms with van der Waals surface area (Å²) in [4.78, 5) is 13.5. The number of hydrogen-bond acceptors (Lipinski definition) is 7. The van der Waals surface area contributed by atoms with E-state index in [1.165, 1.54) is 4.70 Å². The molecule has 4 rings (SSSR count). The number of nitrogens with one attached hydrogen (secondary N) is 3. The predicted molar refractivity (Wildman–Crippen MR) is 113 cm³/mol. The molecular formula is C20H20N6S. The summed E-state index contributed by atoms with van der Waals surface area (Å²) >= 11 is 1.69. The first-order valence-electron chi connectivity index (χ1n) is 8.76. The van der Waals surface area contributed by atoms with Crippen LogP contribution in [0.5, 0.6) is 0 Å². The highest BCUT2D eigenvalue weighted by Crippen LogP contribution is 2.31. The molecule has 0 atom stereocenters. The Balaban J connectivity index is 1.53. The van der Waals surface area contributed by atoms with Crippen LogP contribution in [0.4, 0.5) is 17.5 Å². The molecule has 3 N–H and O–H groups in total. The Morgan fingerprint density at radius 1 is 0.963 bits per heavy atom. The number of anilines is 3. The summed E-state index contributed by atoms with van der Waals surface area (Å²) in [6, 6.07) is 18.2. The standard InChI is InChI=1S/C20H20N6S/c1-21-11-12-22-18-9-10-23-20(26-18)24-15-6-4-5-14(13-15)19-25-16-7-2-3-8-17(16)27-19/h2-10,13,21H,11-12H2,1H3,(H2,22,23,24,26). The molecule has 136 valence electrons. The van der Waals surface area contributed by atoms with E-state index in [1.54, 1.807) is 17.5 Å². The fourth-order valence-electron chi connectivity index (χ4n) is 2.69. The molecule has 0 radical (unpaired) electrons. The number of fused-ring (bicyclic) bond motifs is 1. The zero-order chi connectivity index (χ0) is 18.5. The van der Waals surface area contributed by atoms with Crippen molar-refractivity contribution in [3.8, 4) is 10.6 Å². The largest absolute Gasteiger partial charge is 0.369 e. The second kappa shape index (κ2) is 8.11. The minimum atomic E-state index is 0.561. The van der Waals surface area contributed by atoms with Crippen LogP contribution >= 0.6 is 11.3 Å². The fourth-order valence-corrected chi connectivity index (χ4v) is 3.65.